The van der Waals surface area contributed by atoms with Gasteiger partial charge in [0.15, 0.2) is 0 Å². The van der Waals surface area contributed by atoms with Crippen molar-refractivity contribution in [3.8, 4) is 0 Å². The number of carbonyl (C=O) groups excluding carboxylic acids is 1. The summed E-state index contributed by atoms with van der Waals surface area (Å²) in [6.07, 6.45) is 1.45. The van der Waals surface area contributed by atoms with E-state index in [2.05, 4.69) is 31.0 Å². The molecule has 0 aliphatic carbocycles. The number of carbonyl (C=O) groups is 1. The van der Waals surface area contributed by atoms with E-state index in [1.807, 2.05) is 31.0 Å². The SMILES string of the molecule is CCC(C)N(C)C(=O)Cc1c(C)[nH]c2ccccc12. The molecule has 1 atom stereocenters. The second kappa shape index (κ2) is 5.47. The van der Waals surface area contributed by atoms with Crippen LogP contribution in [0.2, 0.25) is 0 Å². The molecule has 0 saturated carbocycles. The van der Waals surface area contributed by atoms with E-state index in [1.165, 1.54) is 0 Å². The number of nitrogens with zero attached hydrogens (tertiary/aromatic N) is 1. The number of hydrogen-bond donors (Lipinski definition) is 1. The quantitative estimate of drug-likeness (QED) is 0.897. The molecule has 2 rings (SSSR count). The first-order valence-electron chi connectivity index (χ1n) is 6.86. The van der Waals surface area contributed by atoms with Crippen LogP contribution in [-0.4, -0.2) is 28.9 Å². The minimum Gasteiger partial charge on any atom is -0.358 e. The monoisotopic (exact) mass is 258 g/mol. The van der Waals surface area contributed by atoms with Crippen molar-refractivity contribution in [3.63, 3.8) is 0 Å². The van der Waals surface area contributed by atoms with Gasteiger partial charge in [-0.05, 0) is 31.9 Å². The summed E-state index contributed by atoms with van der Waals surface area (Å²) >= 11 is 0. The highest BCUT2D eigenvalue weighted by molar-refractivity contribution is 5.90. The number of benzene rings is 1. The van der Waals surface area contributed by atoms with Gasteiger partial charge in [-0.3, -0.25) is 4.79 Å². The number of fused-ring (bicyclic) bond motifs is 1. The van der Waals surface area contributed by atoms with Gasteiger partial charge in [-0.25, -0.2) is 0 Å². The first-order chi connectivity index (χ1) is 9.04. The molecule has 0 aliphatic heterocycles. The molecule has 1 aromatic heterocycles. The Morgan fingerprint density at radius 3 is 2.74 bits per heavy atom. The second-order valence-electron chi connectivity index (χ2n) is 5.21. The van der Waals surface area contributed by atoms with Crippen molar-refractivity contribution in [1.29, 1.82) is 0 Å². The fourth-order valence-electron chi connectivity index (χ4n) is 2.36. The van der Waals surface area contributed by atoms with Crippen molar-refractivity contribution >= 4 is 16.8 Å². The first kappa shape index (κ1) is 13.7. The van der Waals surface area contributed by atoms with Crippen molar-refractivity contribution in [1.82, 2.24) is 9.88 Å². The number of likely N-dealkylation sites (N-methyl/N-ethyl adjacent to an activating group) is 1. The van der Waals surface area contributed by atoms with E-state index in [4.69, 9.17) is 0 Å². The number of hydrogen-bond acceptors (Lipinski definition) is 1. The van der Waals surface area contributed by atoms with Gasteiger partial charge < -0.3 is 9.88 Å². The van der Waals surface area contributed by atoms with E-state index in [-0.39, 0.29) is 11.9 Å². The fraction of sp³-hybridized carbons (Fsp3) is 0.438. The van der Waals surface area contributed by atoms with E-state index < -0.39 is 0 Å². The molecule has 2 aromatic rings. The van der Waals surface area contributed by atoms with E-state index in [9.17, 15) is 4.79 Å². The lowest BCUT2D eigenvalue weighted by atomic mass is 10.1. The molecule has 19 heavy (non-hydrogen) atoms. The van der Waals surface area contributed by atoms with Crippen LogP contribution in [0.15, 0.2) is 24.3 Å². The van der Waals surface area contributed by atoms with Crippen LogP contribution in [0.5, 0.6) is 0 Å². The molecule has 0 radical (unpaired) electrons. The Morgan fingerprint density at radius 2 is 2.05 bits per heavy atom. The van der Waals surface area contributed by atoms with Crippen LogP contribution in [0.1, 0.15) is 31.5 Å². The zero-order chi connectivity index (χ0) is 14.0. The Hall–Kier alpha value is -1.77. The van der Waals surface area contributed by atoms with Crippen LogP contribution < -0.4 is 0 Å². The lowest BCUT2D eigenvalue weighted by Gasteiger charge is -2.23. The molecule has 102 valence electrons. The zero-order valence-electron chi connectivity index (χ0n) is 12.2. The van der Waals surface area contributed by atoms with Gasteiger partial charge in [0, 0.05) is 29.7 Å². The topological polar surface area (TPSA) is 36.1 Å². The van der Waals surface area contributed by atoms with Gasteiger partial charge in [0.1, 0.15) is 0 Å². The maximum atomic E-state index is 12.3. The molecule has 0 aliphatic rings. The molecule has 3 heteroatoms. The first-order valence-corrected chi connectivity index (χ1v) is 6.86. The molecule has 0 fully saturated rings. The standard InChI is InChI=1S/C16H22N2O/c1-5-11(2)18(4)16(19)10-14-12(3)17-15-9-7-6-8-13(14)15/h6-9,11,17H,5,10H2,1-4H3. The van der Waals surface area contributed by atoms with Crippen LogP contribution in [0.3, 0.4) is 0 Å². The third kappa shape index (κ3) is 2.65. The highest BCUT2D eigenvalue weighted by Crippen LogP contribution is 2.23. The number of H-pyrrole nitrogens is 1. The van der Waals surface area contributed by atoms with Crippen LogP contribution in [-0.2, 0) is 11.2 Å². The van der Waals surface area contributed by atoms with Crippen molar-refractivity contribution in [3.05, 3.63) is 35.5 Å². The summed E-state index contributed by atoms with van der Waals surface area (Å²) in [6, 6.07) is 8.44. The maximum absolute atomic E-state index is 12.3. The van der Waals surface area contributed by atoms with Gasteiger partial charge in [0.05, 0.1) is 6.42 Å². The molecule has 1 unspecified atom stereocenters. The highest BCUT2D eigenvalue weighted by Gasteiger charge is 2.17. The molecular weight excluding hydrogens is 236 g/mol. The number of nitrogens with one attached hydrogen (secondary N) is 1. The summed E-state index contributed by atoms with van der Waals surface area (Å²) in [7, 11) is 1.89. The van der Waals surface area contributed by atoms with Crippen LogP contribution in [0, 0.1) is 6.92 Å². The summed E-state index contributed by atoms with van der Waals surface area (Å²) in [5.41, 5.74) is 3.32. The van der Waals surface area contributed by atoms with Gasteiger partial charge in [-0.15, -0.1) is 0 Å². The summed E-state index contributed by atoms with van der Waals surface area (Å²) in [5, 5.41) is 1.16. The van der Waals surface area contributed by atoms with Gasteiger partial charge in [-0.1, -0.05) is 25.1 Å². The number of amides is 1. The number of aryl methyl sites for hydroxylation is 1. The Kier molecular flexibility index (Phi) is 3.93. The van der Waals surface area contributed by atoms with Crippen LogP contribution >= 0.6 is 0 Å². The average Bonchev–Trinajstić information content (AvgIpc) is 2.73. The van der Waals surface area contributed by atoms with Crippen LogP contribution in [0.25, 0.3) is 10.9 Å². The zero-order valence-corrected chi connectivity index (χ0v) is 12.2. The van der Waals surface area contributed by atoms with E-state index >= 15 is 0 Å². The van der Waals surface area contributed by atoms with E-state index in [0.29, 0.717) is 6.42 Å². The molecule has 1 amide bonds. The third-order valence-corrected chi connectivity index (χ3v) is 4.00. The largest absolute Gasteiger partial charge is 0.358 e. The van der Waals surface area contributed by atoms with Crippen molar-refractivity contribution in [2.45, 2.75) is 39.7 Å². The minimum atomic E-state index is 0.183. The van der Waals surface area contributed by atoms with Crippen molar-refractivity contribution in [2.24, 2.45) is 0 Å². The number of para-hydroxylation sites is 1. The number of aromatic amines is 1. The van der Waals surface area contributed by atoms with Gasteiger partial charge in [0.25, 0.3) is 0 Å². The smallest absolute Gasteiger partial charge is 0.227 e. The average molecular weight is 258 g/mol. The summed E-state index contributed by atoms with van der Waals surface area (Å²) in [6.45, 7) is 6.22. The Bertz CT molecular complexity index is 585. The van der Waals surface area contributed by atoms with E-state index in [1.54, 1.807) is 0 Å². The molecule has 0 spiro atoms. The normalized spacial score (nSPS) is 12.6. The number of rotatable bonds is 4. The highest BCUT2D eigenvalue weighted by atomic mass is 16.2. The summed E-state index contributed by atoms with van der Waals surface area (Å²) in [5.74, 6) is 0.183. The predicted molar refractivity (Wildman–Crippen MR) is 79.3 cm³/mol. The summed E-state index contributed by atoms with van der Waals surface area (Å²) < 4.78 is 0. The predicted octanol–water partition coefficient (Wildman–Crippen LogP) is 3.28. The lowest BCUT2D eigenvalue weighted by molar-refractivity contribution is -0.130. The molecule has 1 heterocycles. The third-order valence-electron chi connectivity index (χ3n) is 4.00. The second-order valence-corrected chi connectivity index (χ2v) is 5.21. The number of aromatic nitrogens is 1. The Morgan fingerprint density at radius 1 is 1.37 bits per heavy atom. The molecule has 1 N–H and O–H groups in total. The van der Waals surface area contributed by atoms with Gasteiger partial charge in [0.2, 0.25) is 5.91 Å². The van der Waals surface area contributed by atoms with Crippen molar-refractivity contribution in [2.75, 3.05) is 7.05 Å². The Labute approximate surface area is 114 Å². The maximum Gasteiger partial charge on any atom is 0.227 e. The van der Waals surface area contributed by atoms with E-state index in [0.717, 1.165) is 28.6 Å². The lowest BCUT2D eigenvalue weighted by Crippen LogP contribution is -2.35. The molecule has 3 nitrogen and oxygen atoms in total. The van der Waals surface area contributed by atoms with Gasteiger partial charge in [-0.2, -0.15) is 0 Å². The summed E-state index contributed by atoms with van der Waals surface area (Å²) in [4.78, 5) is 17.5. The molecule has 0 bridgehead atoms. The molecular formula is C16H22N2O. The molecule has 1 aromatic carbocycles. The Balaban J connectivity index is 2.26. The van der Waals surface area contributed by atoms with Crippen molar-refractivity contribution < 1.29 is 4.79 Å². The van der Waals surface area contributed by atoms with Crippen LogP contribution in [0.4, 0.5) is 0 Å². The van der Waals surface area contributed by atoms with Gasteiger partial charge >= 0.3 is 0 Å². The minimum absolute atomic E-state index is 0.183. The fourth-order valence-corrected chi connectivity index (χ4v) is 2.36. The molecule has 0 saturated heterocycles.